The second-order valence-electron chi connectivity index (χ2n) is 4.03. The zero-order chi connectivity index (χ0) is 13.9. The normalized spacial score (nSPS) is 11.1. The van der Waals surface area contributed by atoms with E-state index < -0.39 is 0 Å². The van der Waals surface area contributed by atoms with E-state index in [2.05, 4.69) is 5.32 Å². The van der Waals surface area contributed by atoms with Crippen molar-refractivity contribution in [2.75, 3.05) is 33.5 Å². The van der Waals surface area contributed by atoms with Crippen LogP contribution < -0.4 is 5.32 Å². The Hall–Kier alpha value is -1.59. The Kier molecular flexibility index (Phi) is 7.62. The van der Waals surface area contributed by atoms with Crippen LogP contribution in [0, 0.1) is 6.92 Å². The molecule has 5 nitrogen and oxygen atoms in total. The van der Waals surface area contributed by atoms with Gasteiger partial charge in [-0.3, -0.25) is 4.79 Å². The van der Waals surface area contributed by atoms with Gasteiger partial charge in [0.15, 0.2) is 0 Å². The Bertz CT molecular complexity index is 398. The molecule has 1 aromatic rings. The SMILES string of the molecule is COCCOCCCNC(=O)/C=C/c1ccc(C)o1. The molecule has 0 aliphatic carbocycles. The zero-order valence-electron chi connectivity index (χ0n) is 11.5. The van der Waals surface area contributed by atoms with Gasteiger partial charge in [-0.25, -0.2) is 0 Å². The van der Waals surface area contributed by atoms with E-state index in [1.165, 1.54) is 6.08 Å². The third-order valence-corrected chi connectivity index (χ3v) is 2.36. The lowest BCUT2D eigenvalue weighted by Gasteiger charge is -2.03. The summed E-state index contributed by atoms with van der Waals surface area (Å²) in [6, 6.07) is 3.68. The molecule has 0 aliphatic heterocycles. The zero-order valence-corrected chi connectivity index (χ0v) is 11.5. The summed E-state index contributed by atoms with van der Waals surface area (Å²) in [6.45, 7) is 4.25. The maximum atomic E-state index is 11.5. The van der Waals surface area contributed by atoms with Crippen molar-refractivity contribution in [2.45, 2.75) is 13.3 Å². The van der Waals surface area contributed by atoms with E-state index >= 15 is 0 Å². The van der Waals surface area contributed by atoms with Crippen molar-refractivity contribution < 1.29 is 18.7 Å². The van der Waals surface area contributed by atoms with Gasteiger partial charge in [0.25, 0.3) is 0 Å². The molecule has 19 heavy (non-hydrogen) atoms. The van der Waals surface area contributed by atoms with Crippen LogP contribution in [0.15, 0.2) is 22.6 Å². The number of rotatable bonds is 9. The monoisotopic (exact) mass is 267 g/mol. The molecule has 1 aromatic heterocycles. The Balaban J connectivity index is 2.06. The van der Waals surface area contributed by atoms with E-state index in [0.29, 0.717) is 32.1 Å². The highest BCUT2D eigenvalue weighted by Gasteiger charge is 1.97. The number of furan rings is 1. The van der Waals surface area contributed by atoms with Gasteiger partial charge in [0.2, 0.25) is 5.91 Å². The van der Waals surface area contributed by atoms with Gasteiger partial charge in [0.05, 0.1) is 13.2 Å². The Morgan fingerprint density at radius 1 is 1.37 bits per heavy atom. The van der Waals surface area contributed by atoms with Gasteiger partial charge in [-0.05, 0) is 31.6 Å². The van der Waals surface area contributed by atoms with Crippen molar-refractivity contribution in [1.82, 2.24) is 5.32 Å². The highest BCUT2D eigenvalue weighted by Crippen LogP contribution is 2.07. The molecular formula is C14H21NO4. The minimum absolute atomic E-state index is 0.133. The molecule has 0 bridgehead atoms. The van der Waals surface area contributed by atoms with Gasteiger partial charge in [0, 0.05) is 26.3 Å². The van der Waals surface area contributed by atoms with Crippen LogP contribution in [-0.4, -0.2) is 39.4 Å². The number of aryl methyl sites for hydroxylation is 1. The first-order valence-corrected chi connectivity index (χ1v) is 6.31. The van der Waals surface area contributed by atoms with E-state index in [9.17, 15) is 4.79 Å². The summed E-state index contributed by atoms with van der Waals surface area (Å²) in [7, 11) is 1.64. The minimum Gasteiger partial charge on any atom is -0.462 e. The predicted molar refractivity (Wildman–Crippen MR) is 72.8 cm³/mol. The number of methoxy groups -OCH3 is 1. The first-order valence-electron chi connectivity index (χ1n) is 6.31. The predicted octanol–water partition coefficient (Wildman–Crippen LogP) is 1.77. The molecule has 106 valence electrons. The van der Waals surface area contributed by atoms with Crippen LogP contribution in [0.5, 0.6) is 0 Å². The number of carbonyl (C=O) groups excluding carboxylic acids is 1. The van der Waals surface area contributed by atoms with E-state index in [4.69, 9.17) is 13.9 Å². The Labute approximate surface area is 113 Å². The van der Waals surface area contributed by atoms with Crippen molar-refractivity contribution in [3.8, 4) is 0 Å². The number of ether oxygens (including phenoxy) is 2. The molecule has 0 saturated heterocycles. The molecule has 5 heteroatoms. The van der Waals surface area contributed by atoms with Gasteiger partial charge in [-0.15, -0.1) is 0 Å². The van der Waals surface area contributed by atoms with E-state index in [-0.39, 0.29) is 5.91 Å². The Morgan fingerprint density at radius 3 is 2.89 bits per heavy atom. The molecule has 1 heterocycles. The van der Waals surface area contributed by atoms with Crippen LogP contribution in [0.25, 0.3) is 6.08 Å². The molecule has 0 radical (unpaired) electrons. The molecule has 0 unspecified atom stereocenters. The maximum absolute atomic E-state index is 11.5. The van der Waals surface area contributed by atoms with Gasteiger partial charge in [-0.1, -0.05) is 0 Å². The number of hydrogen-bond acceptors (Lipinski definition) is 4. The number of hydrogen-bond donors (Lipinski definition) is 1. The fourth-order valence-electron chi connectivity index (χ4n) is 1.39. The first kappa shape index (κ1) is 15.5. The summed E-state index contributed by atoms with van der Waals surface area (Å²) >= 11 is 0. The van der Waals surface area contributed by atoms with Crippen molar-refractivity contribution >= 4 is 12.0 Å². The molecule has 0 atom stereocenters. The highest BCUT2D eigenvalue weighted by molar-refractivity contribution is 5.91. The maximum Gasteiger partial charge on any atom is 0.244 e. The average Bonchev–Trinajstić information content (AvgIpc) is 2.81. The second-order valence-corrected chi connectivity index (χ2v) is 4.03. The Morgan fingerprint density at radius 2 is 2.21 bits per heavy atom. The van der Waals surface area contributed by atoms with E-state index in [1.54, 1.807) is 13.2 Å². The third-order valence-electron chi connectivity index (χ3n) is 2.36. The van der Waals surface area contributed by atoms with Crippen LogP contribution in [0.4, 0.5) is 0 Å². The van der Waals surface area contributed by atoms with E-state index in [0.717, 1.165) is 12.2 Å². The summed E-state index contributed by atoms with van der Waals surface area (Å²) in [5.41, 5.74) is 0. The van der Waals surface area contributed by atoms with Crippen LogP contribution in [0.1, 0.15) is 17.9 Å². The van der Waals surface area contributed by atoms with Crippen molar-refractivity contribution in [1.29, 1.82) is 0 Å². The molecule has 1 N–H and O–H groups in total. The van der Waals surface area contributed by atoms with Crippen LogP contribution >= 0.6 is 0 Å². The molecular weight excluding hydrogens is 246 g/mol. The van der Waals surface area contributed by atoms with Gasteiger partial charge in [0.1, 0.15) is 11.5 Å². The molecule has 1 amide bonds. The fourth-order valence-corrected chi connectivity index (χ4v) is 1.39. The third kappa shape index (κ3) is 7.43. The van der Waals surface area contributed by atoms with E-state index in [1.807, 2.05) is 19.1 Å². The summed E-state index contributed by atoms with van der Waals surface area (Å²) in [5, 5.41) is 2.77. The summed E-state index contributed by atoms with van der Waals surface area (Å²) in [4.78, 5) is 11.5. The number of carbonyl (C=O) groups is 1. The molecule has 0 fully saturated rings. The summed E-state index contributed by atoms with van der Waals surface area (Å²) < 4.78 is 15.4. The van der Waals surface area contributed by atoms with Crippen LogP contribution in [0.2, 0.25) is 0 Å². The average molecular weight is 267 g/mol. The molecule has 0 spiro atoms. The van der Waals surface area contributed by atoms with Crippen LogP contribution in [0.3, 0.4) is 0 Å². The van der Waals surface area contributed by atoms with Gasteiger partial charge < -0.3 is 19.2 Å². The smallest absolute Gasteiger partial charge is 0.244 e. The topological polar surface area (TPSA) is 60.7 Å². The second kappa shape index (κ2) is 9.35. The quantitative estimate of drug-likeness (QED) is 0.547. The van der Waals surface area contributed by atoms with Crippen molar-refractivity contribution in [3.05, 3.63) is 29.7 Å². The molecule has 0 saturated carbocycles. The largest absolute Gasteiger partial charge is 0.462 e. The molecule has 1 rings (SSSR count). The van der Waals surface area contributed by atoms with Crippen molar-refractivity contribution in [3.63, 3.8) is 0 Å². The summed E-state index contributed by atoms with van der Waals surface area (Å²) in [6.07, 6.45) is 3.89. The minimum atomic E-state index is -0.133. The molecule has 0 aliphatic rings. The lowest BCUT2D eigenvalue weighted by Crippen LogP contribution is -2.23. The van der Waals surface area contributed by atoms with Crippen LogP contribution in [-0.2, 0) is 14.3 Å². The number of nitrogens with one attached hydrogen (secondary N) is 1. The fraction of sp³-hybridized carbons (Fsp3) is 0.500. The highest BCUT2D eigenvalue weighted by atomic mass is 16.5. The standard InChI is InChI=1S/C14H21NO4/c1-12-4-5-13(19-12)6-7-14(16)15-8-3-9-18-11-10-17-2/h4-7H,3,8-11H2,1-2H3,(H,15,16)/b7-6+. The molecule has 0 aromatic carbocycles. The lowest BCUT2D eigenvalue weighted by atomic mass is 10.3. The first-order chi connectivity index (χ1) is 9.22. The van der Waals surface area contributed by atoms with Crippen molar-refractivity contribution in [2.24, 2.45) is 0 Å². The van der Waals surface area contributed by atoms with Gasteiger partial charge in [-0.2, -0.15) is 0 Å². The lowest BCUT2D eigenvalue weighted by molar-refractivity contribution is -0.116. The number of amides is 1. The van der Waals surface area contributed by atoms with Gasteiger partial charge >= 0.3 is 0 Å². The summed E-state index contributed by atoms with van der Waals surface area (Å²) in [5.74, 6) is 1.37.